The first kappa shape index (κ1) is 13.2. The van der Waals surface area contributed by atoms with Crippen LogP contribution in [0.2, 0.25) is 0 Å². The lowest BCUT2D eigenvalue weighted by Crippen LogP contribution is -2.05. The van der Waals surface area contributed by atoms with Gasteiger partial charge in [-0.3, -0.25) is 0 Å². The molecule has 0 atom stereocenters. The number of halogens is 2. The summed E-state index contributed by atoms with van der Waals surface area (Å²) in [6.45, 7) is 2.01. The number of nitrogens with one attached hydrogen (secondary N) is 1. The molecule has 0 saturated carbocycles. The molecule has 1 aromatic carbocycles. The monoisotopic (exact) mass is 264 g/mol. The van der Waals surface area contributed by atoms with Crippen molar-refractivity contribution in [3.8, 4) is 0 Å². The summed E-state index contributed by atoms with van der Waals surface area (Å²) >= 11 is 0. The highest BCUT2D eigenvalue weighted by atomic mass is 19.2. The van der Waals surface area contributed by atoms with Crippen molar-refractivity contribution in [1.82, 2.24) is 9.97 Å². The first-order valence-corrected chi connectivity index (χ1v) is 5.93. The van der Waals surface area contributed by atoms with Crippen LogP contribution in [-0.4, -0.2) is 9.97 Å². The molecule has 0 unspecified atom stereocenters. The number of nitrogens with zero attached hydrogens (tertiary/aromatic N) is 2. The molecule has 0 saturated heterocycles. The Morgan fingerprint density at radius 1 is 1.21 bits per heavy atom. The molecule has 0 aliphatic carbocycles. The molecule has 0 radical (unpaired) electrons. The molecule has 100 valence electrons. The third-order valence-corrected chi connectivity index (χ3v) is 2.66. The van der Waals surface area contributed by atoms with Crippen LogP contribution in [0.3, 0.4) is 0 Å². The third-order valence-electron chi connectivity index (χ3n) is 2.66. The van der Waals surface area contributed by atoms with E-state index in [1.807, 2.05) is 6.92 Å². The number of hydrogen-bond acceptors (Lipinski definition) is 4. The minimum atomic E-state index is -0.913. The molecule has 3 N–H and O–H groups in total. The molecule has 6 heteroatoms. The second-order valence-corrected chi connectivity index (χ2v) is 4.09. The molecule has 0 spiro atoms. The van der Waals surface area contributed by atoms with Gasteiger partial charge in [0.1, 0.15) is 18.0 Å². The topological polar surface area (TPSA) is 63.8 Å². The van der Waals surface area contributed by atoms with Crippen molar-refractivity contribution in [3.63, 3.8) is 0 Å². The SMILES string of the molecule is CCCc1c(N)ncnc1Nc1ccc(F)c(F)c1. The van der Waals surface area contributed by atoms with Crippen molar-refractivity contribution in [2.75, 3.05) is 11.1 Å². The van der Waals surface area contributed by atoms with Crippen LogP contribution in [0.25, 0.3) is 0 Å². The van der Waals surface area contributed by atoms with Gasteiger partial charge in [-0.1, -0.05) is 13.3 Å². The Labute approximate surface area is 109 Å². The summed E-state index contributed by atoms with van der Waals surface area (Å²) in [5.41, 5.74) is 6.97. The number of benzene rings is 1. The zero-order valence-electron chi connectivity index (χ0n) is 10.5. The van der Waals surface area contributed by atoms with Gasteiger partial charge < -0.3 is 11.1 Å². The molecule has 19 heavy (non-hydrogen) atoms. The Bertz CT molecular complexity index is 587. The van der Waals surface area contributed by atoms with Crippen molar-refractivity contribution < 1.29 is 8.78 Å². The summed E-state index contributed by atoms with van der Waals surface area (Å²) in [6, 6.07) is 3.57. The minimum absolute atomic E-state index is 0.391. The van der Waals surface area contributed by atoms with Gasteiger partial charge in [0.2, 0.25) is 0 Å². The van der Waals surface area contributed by atoms with Gasteiger partial charge in [0.05, 0.1) is 0 Å². The molecular formula is C13H14F2N4. The zero-order chi connectivity index (χ0) is 13.8. The molecule has 0 aliphatic rings. The molecule has 0 fully saturated rings. The lowest BCUT2D eigenvalue weighted by atomic mass is 10.1. The summed E-state index contributed by atoms with van der Waals surface area (Å²) in [5.74, 6) is -0.895. The van der Waals surface area contributed by atoms with E-state index in [9.17, 15) is 8.78 Å². The Morgan fingerprint density at radius 2 is 2.00 bits per heavy atom. The van der Waals surface area contributed by atoms with Crippen molar-refractivity contribution in [2.24, 2.45) is 0 Å². The maximum Gasteiger partial charge on any atom is 0.160 e. The molecule has 2 aromatic rings. The third kappa shape index (κ3) is 2.96. The van der Waals surface area contributed by atoms with Gasteiger partial charge in [0, 0.05) is 17.3 Å². The molecule has 0 amide bonds. The maximum absolute atomic E-state index is 13.1. The van der Waals surface area contributed by atoms with Crippen LogP contribution in [0.1, 0.15) is 18.9 Å². The Kier molecular flexibility index (Phi) is 3.89. The van der Waals surface area contributed by atoms with E-state index in [4.69, 9.17) is 5.73 Å². The molecule has 2 rings (SSSR count). The van der Waals surface area contributed by atoms with Crippen LogP contribution in [0.5, 0.6) is 0 Å². The summed E-state index contributed by atoms with van der Waals surface area (Å²) in [7, 11) is 0. The Morgan fingerprint density at radius 3 is 2.68 bits per heavy atom. The highest BCUT2D eigenvalue weighted by Gasteiger charge is 2.10. The van der Waals surface area contributed by atoms with Crippen LogP contribution in [0, 0.1) is 11.6 Å². The number of nitrogen functional groups attached to an aromatic ring is 1. The van der Waals surface area contributed by atoms with E-state index in [1.165, 1.54) is 12.4 Å². The van der Waals surface area contributed by atoms with E-state index in [1.54, 1.807) is 0 Å². The van der Waals surface area contributed by atoms with Crippen LogP contribution in [0.15, 0.2) is 24.5 Å². The Balaban J connectivity index is 2.32. The lowest BCUT2D eigenvalue weighted by molar-refractivity contribution is 0.509. The summed E-state index contributed by atoms with van der Waals surface area (Å²) in [6.07, 6.45) is 2.92. The predicted octanol–water partition coefficient (Wildman–Crippen LogP) is 3.03. The number of aromatic nitrogens is 2. The highest BCUT2D eigenvalue weighted by Crippen LogP contribution is 2.23. The fraction of sp³-hybridized carbons (Fsp3) is 0.231. The first-order valence-electron chi connectivity index (χ1n) is 5.93. The quantitative estimate of drug-likeness (QED) is 0.891. The minimum Gasteiger partial charge on any atom is -0.383 e. The van der Waals surface area contributed by atoms with Gasteiger partial charge in [-0.2, -0.15) is 0 Å². The molecular weight excluding hydrogens is 250 g/mol. The molecule has 0 bridgehead atoms. The maximum atomic E-state index is 13.1. The first-order chi connectivity index (χ1) is 9.11. The summed E-state index contributed by atoms with van der Waals surface area (Å²) < 4.78 is 26.0. The van der Waals surface area contributed by atoms with E-state index in [0.717, 1.165) is 24.1 Å². The number of hydrogen-bond donors (Lipinski definition) is 2. The summed E-state index contributed by atoms with van der Waals surface area (Å²) in [5, 5.41) is 2.93. The van der Waals surface area contributed by atoms with Crippen molar-refractivity contribution in [3.05, 3.63) is 41.7 Å². The molecule has 1 aromatic heterocycles. The lowest BCUT2D eigenvalue weighted by Gasteiger charge is -2.11. The fourth-order valence-electron chi connectivity index (χ4n) is 1.74. The van der Waals surface area contributed by atoms with Crippen molar-refractivity contribution in [2.45, 2.75) is 19.8 Å². The van der Waals surface area contributed by atoms with E-state index in [-0.39, 0.29) is 0 Å². The van der Waals surface area contributed by atoms with E-state index in [2.05, 4.69) is 15.3 Å². The number of rotatable bonds is 4. The second kappa shape index (κ2) is 5.60. The smallest absolute Gasteiger partial charge is 0.160 e. The van der Waals surface area contributed by atoms with Crippen molar-refractivity contribution >= 4 is 17.3 Å². The second-order valence-electron chi connectivity index (χ2n) is 4.09. The zero-order valence-corrected chi connectivity index (χ0v) is 10.5. The van der Waals surface area contributed by atoms with Gasteiger partial charge in [-0.05, 0) is 18.6 Å². The van der Waals surface area contributed by atoms with E-state index < -0.39 is 11.6 Å². The van der Waals surface area contributed by atoms with Gasteiger partial charge >= 0.3 is 0 Å². The van der Waals surface area contributed by atoms with Gasteiger partial charge in [-0.25, -0.2) is 18.7 Å². The van der Waals surface area contributed by atoms with Crippen LogP contribution in [0.4, 0.5) is 26.1 Å². The molecule has 1 heterocycles. The van der Waals surface area contributed by atoms with E-state index >= 15 is 0 Å². The average Bonchev–Trinajstić information content (AvgIpc) is 2.38. The average molecular weight is 264 g/mol. The van der Waals surface area contributed by atoms with Gasteiger partial charge in [0.15, 0.2) is 11.6 Å². The molecule has 4 nitrogen and oxygen atoms in total. The molecule has 0 aliphatic heterocycles. The van der Waals surface area contributed by atoms with Gasteiger partial charge in [0.25, 0.3) is 0 Å². The van der Waals surface area contributed by atoms with Crippen molar-refractivity contribution in [1.29, 1.82) is 0 Å². The number of anilines is 3. The fourth-order valence-corrected chi connectivity index (χ4v) is 1.74. The largest absolute Gasteiger partial charge is 0.383 e. The normalized spacial score (nSPS) is 10.5. The van der Waals surface area contributed by atoms with Crippen LogP contribution in [-0.2, 0) is 6.42 Å². The van der Waals surface area contributed by atoms with E-state index in [0.29, 0.717) is 23.7 Å². The number of nitrogens with two attached hydrogens (primary N) is 1. The predicted molar refractivity (Wildman–Crippen MR) is 70.1 cm³/mol. The van der Waals surface area contributed by atoms with Gasteiger partial charge in [-0.15, -0.1) is 0 Å². The van der Waals surface area contributed by atoms with Crippen LogP contribution >= 0.6 is 0 Å². The standard InChI is InChI=1S/C13H14F2N4/c1-2-3-9-12(16)17-7-18-13(9)19-8-4-5-10(14)11(15)6-8/h4-7H,2-3H2,1H3,(H3,16,17,18,19). The van der Waals surface area contributed by atoms with Crippen LogP contribution < -0.4 is 11.1 Å². The summed E-state index contributed by atoms with van der Waals surface area (Å²) in [4.78, 5) is 8.01. The highest BCUT2D eigenvalue weighted by molar-refractivity contribution is 5.63. The Hall–Kier alpha value is -2.24.